The third-order valence-electron chi connectivity index (χ3n) is 4.71. The lowest BCUT2D eigenvalue weighted by Crippen LogP contribution is -2.52. The molecule has 1 fully saturated rings. The molecule has 0 N–H and O–H groups in total. The van der Waals surface area contributed by atoms with Crippen LogP contribution in [0.2, 0.25) is 0 Å². The summed E-state index contributed by atoms with van der Waals surface area (Å²) >= 11 is 1.81. The van der Waals surface area contributed by atoms with Gasteiger partial charge in [0.15, 0.2) is 0 Å². The van der Waals surface area contributed by atoms with Crippen LogP contribution in [0, 0.1) is 0 Å². The van der Waals surface area contributed by atoms with E-state index in [9.17, 15) is 9.59 Å². The van der Waals surface area contributed by atoms with Crippen LogP contribution in [0.5, 0.6) is 0 Å². The Kier molecular flexibility index (Phi) is 5.98. The van der Waals surface area contributed by atoms with E-state index >= 15 is 0 Å². The highest BCUT2D eigenvalue weighted by molar-refractivity contribution is 7.99. The van der Waals surface area contributed by atoms with E-state index in [0.717, 1.165) is 44.2 Å². The number of hydrogen-bond acceptors (Lipinski definition) is 5. The van der Waals surface area contributed by atoms with Crippen LogP contribution in [0.1, 0.15) is 0 Å². The molecule has 2 aliphatic rings. The van der Waals surface area contributed by atoms with E-state index in [4.69, 9.17) is 0 Å². The minimum atomic E-state index is 0.131. The Hall–Kier alpha value is -1.57. The fourth-order valence-electron chi connectivity index (χ4n) is 3.14. The van der Waals surface area contributed by atoms with E-state index in [0.29, 0.717) is 13.1 Å². The normalized spacial score (nSPS) is 18.7. The SMILES string of the molecule is CN(C)C(=O)CN1CCN(CC(=O)N2CCSc3ccccc32)CC1. The first-order valence-electron chi connectivity index (χ1n) is 8.71. The molecule has 6 nitrogen and oxygen atoms in total. The molecule has 1 aromatic rings. The number of para-hydroxylation sites is 1. The van der Waals surface area contributed by atoms with E-state index in [-0.39, 0.29) is 11.8 Å². The zero-order chi connectivity index (χ0) is 17.8. The number of carbonyl (C=O) groups excluding carboxylic acids is 2. The fraction of sp³-hybridized carbons (Fsp3) is 0.556. The van der Waals surface area contributed by atoms with E-state index in [1.54, 1.807) is 19.0 Å². The Morgan fingerprint density at radius 2 is 1.64 bits per heavy atom. The number of fused-ring (bicyclic) bond motifs is 1. The summed E-state index contributed by atoms with van der Waals surface area (Å²) in [7, 11) is 3.57. The van der Waals surface area contributed by atoms with Crippen molar-refractivity contribution in [1.29, 1.82) is 0 Å². The molecule has 136 valence electrons. The Bertz CT molecular complexity index is 629. The fourth-order valence-corrected chi connectivity index (χ4v) is 4.14. The maximum atomic E-state index is 12.8. The van der Waals surface area contributed by atoms with E-state index < -0.39 is 0 Å². The van der Waals surface area contributed by atoms with Gasteiger partial charge < -0.3 is 9.80 Å². The Morgan fingerprint density at radius 3 is 2.32 bits per heavy atom. The van der Waals surface area contributed by atoms with Gasteiger partial charge in [-0.1, -0.05) is 12.1 Å². The summed E-state index contributed by atoms with van der Waals surface area (Å²) in [5, 5.41) is 0. The molecular formula is C18H26N4O2S. The van der Waals surface area contributed by atoms with Gasteiger partial charge in [-0.2, -0.15) is 0 Å². The summed E-state index contributed by atoms with van der Waals surface area (Å²) in [6.07, 6.45) is 0. The molecule has 3 rings (SSSR count). The summed E-state index contributed by atoms with van der Waals surface area (Å²) in [4.78, 5) is 33.7. The van der Waals surface area contributed by atoms with E-state index in [1.807, 2.05) is 34.9 Å². The van der Waals surface area contributed by atoms with Crippen molar-refractivity contribution in [1.82, 2.24) is 14.7 Å². The first kappa shape index (κ1) is 18.2. The Labute approximate surface area is 153 Å². The first-order chi connectivity index (χ1) is 12.0. The van der Waals surface area contributed by atoms with E-state index in [2.05, 4.69) is 15.9 Å². The molecule has 2 aliphatic heterocycles. The van der Waals surface area contributed by atoms with Crippen molar-refractivity contribution in [2.45, 2.75) is 4.90 Å². The molecule has 0 aliphatic carbocycles. The molecule has 2 amide bonds. The number of thioether (sulfide) groups is 1. The van der Waals surface area contributed by atoms with Crippen LogP contribution in [0.3, 0.4) is 0 Å². The first-order valence-corrected chi connectivity index (χ1v) is 9.70. The minimum absolute atomic E-state index is 0.131. The van der Waals surface area contributed by atoms with Gasteiger partial charge in [-0.15, -0.1) is 11.8 Å². The van der Waals surface area contributed by atoms with Crippen molar-refractivity contribution in [3.63, 3.8) is 0 Å². The maximum Gasteiger partial charge on any atom is 0.241 e. The quantitative estimate of drug-likeness (QED) is 0.794. The number of likely N-dealkylation sites (N-methyl/N-ethyl adjacent to an activating group) is 1. The number of benzene rings is 1. The number of carbonyl (C=O) groups is 2. The third kappa shape index (κ3) is 4.54. The van der Waals surface area contributed by atoms with Crippen molar-refractivity contribution in [2.75, 3.05) is 70.6 Å². The maximum absolute atomic E-state index is 12.8. The molecule has 0 radical (unpaired) electrons. The molecule has 1 aromatic carbocycles. The lowest BCUT2D eigenvalue weighted by Gasteiger charge is -2.36. The average Bonchev–Trinajstić information content (AvgIpc) is 2.62. The number of piperazine rings is 1. The van der Waals surface area contributed by atoms with Gasteiger partial charge in [0, 0.05) is 57.5 Å². The summed E-state index contributed by atoms with van der Waals surface area (Å²) < 4.78 is 0. The highest BCUT2D eigenvalue weighted by atomic mass is 32.2. The van der Waals surface area contributed by atoms with Crippen molar-refractivity contribution in [3.05, 3.63) is 24.3 Å². The van der Waals surface area contributed by atoms with Crippen LogP contribution in [0.25, 0.3) is 0 Å². The van der Waals surface area contributed by atoms with Gasteiger partial charge in [0.25, 0.3) is 0 Å². The number of nitrogens with zero attached hydrogens (tertiary/aromatic N) is 4. The van der Waals surface area contributed by atoms with Gasteiger partial charge in [0.1, 0.15) is 0 Å². The Morgan fingerprint density at radius 1 is 1.00 bits per heavy atom. The largest absolute Gasteiger partial charge is 0.348 e. The van der Waals surface area contributed by atoms with Crippen LogP contribution >= 0.6 is 11.8 Å². The van der Waals surface area contributed by atoms with Crippen LogP contribution in [0.15, 0.2) is 29.2 Å². The lowest BCUT2D eigenvalue weighted by atomic mass is 10.2. The summed E-state index contributed by atoms with van der Waals surface area (Å²) in [5.74, 6) is 1.25. The van der Waals surface area contributed by atoms with Gasteiger partial charge in [-0.05, 0) is 12.1 Å². The lowest BCUT2D eigenvalue weighted by molar-refractivity contribution is -0.130. The average molecular weight is 362 g/mol. The molecule has 0 spiro atoms. The molecule has 7 heteroatoms. The number of rotatable bonds is 4. The van der Waals surface area contributed by atoms with Gasteiger partial charge in [-0.3, -0.25) is 19.4 Å². The summed E-state index contributed by atoms with van der Waals surface area (Å²) in [5.41, 5.74) is 1.04. The molecule has 0 unspecified atom stereocenters. The third-order valence-corrected chi connectivity index (χ3v) is 5.75. The van der Waals surface area contributed by atoms with E-state index in [1.165, 1.54) is 4.90 Å². The highest BCUT2D eigenvalue weighted by Gasteiger charge is 2.26. The highest BCUT2D eigenvalue weighted by Crippen LogP contribution is 2.34. The molecule has 1 saturated heterocycles. The number of amides is 2. The molecule has 25 heavy (non-hydrogen) atoms. The van der Waals surface area contributed by atoms with Gasteiger partial charge in [0.2, 0.25) is 11.8 Å². The van der Waals surface area contributed by atoms with Crippen LogP contribution in [0.4, 0.5) is 5.69 Å². The topological polar surface area (TPSA) is 47.1 Å². The molecule has 0 saturated carbocycles. The second kappa shape index (κ2) is 8.21. The molecule has 2 heterocycles. The van der Waals surface area contributed by atoms with Gasteiger partial charge >= 0.3 is 0 Å². The number of hydrogen-bond donors (Lipinski definition) is 0. The van der Waals surface area contributed by atoms with Gasteiger partial charge in [-0.25, -0.2) is 0 Å². The zero-order valence-electron chi connectivity index (χ0n) is 15.0. The summed E-state index contributed by atoms with van der Waals surface area (Å²) in [6.45, 7) is 5.02. The molecule has 0 atom stereocenters. The second-order valence-corrected chi connectivity index (χ2v) is 7.84. The predicted molar refractivity (Wildman–Crippen MR) is 101 cm³/mol. The second-order valence-electron chi connectivity index (χ2n) is 6.70. The van der Waals surface area contributed by atoms with Crippen molar-refractivity contribution < 1.29 is 9.59 Å². The van der Waals surface area contributed by atoms with Crippen LogP contribution in [-0.4, -0.2) is 92.2 Å². The predicted octanol–water partition coefficient (Wildman–Crippen LogP) is 0.831. The standard InChI is InChI=1S/C18H26N4O2S/c1-19(2)17(23)13-20-7-9-21(10-8-20)14-18(24)22-11-12-25-16-6-4-3-5-15(16)22/h3-6H,7-14H2,1-2H3. The molecular weight excluding hydrogens is 336 g/mol. The number of anilines is 1. The molecule has 0 aromatic heterocycles. The minimum Gasteiger partial charge on any atom is -0.348 e. The van der Waals surface area contributed by atoms with Crippen molar-refractivity contribution in [3.8, 4) is 0 Å². The van der Waals surface area contributed by atoms with Crippen LogP contribution in [-0.2, 0) is 9.59 Å². The van der Waals surface area contributed by atoms with Crippen LogP contribution < -0.4 is 4.90 Å². The van der Waals surface area contributed by atoms with Crippen molar-refractivity contribution >= 4 is 29.3 Å². The Balaban J connectivity index is 1.51. The smallest absolute Gasteiger partial charge is 0.241 e. The van der Waals surface area contributed by atoms with Crippen molar-refractivity contribution in [2.24, 2.45) is 0 Å². The molecule has 0 bridgehead atoms. The van der Waals surface area contributed by atoms with Gasteiger partial charge in [0.05, 0.1) is 18.8 Å². The summed E-state index contributed by atoms with van der Waals surface area (Å²) in [6, 6.07) is 8.13. The monoisotopic (exact) mass is 362 g/mol. The zero-order valence-corrected chi connectivity index (χ0v) is 15.8.